The fourth-order valence-electron chi connectivity index (χ4n) is 1.98. The average molecular weight is 488 g/mol. The molecular formula is C15H17F4IN4S. The van der Waals surface area contributed by atoms with Crippen LogP contribution in [0.25, 0.3) is 0 Å². The van der Waals surface area contributed by atoms with Crippen LogP contribution in [0.1, 0.15) is 15.4 Å². The van der Waals surface area contributed by atoms with Crippen LogP contribution in [-0.2, 0) is 13.0 Å². The molecule has 0 bridgehead atoms. The number of aryl methyl sites for hydroxylation is 1. The molecule has 0 radical (unpaired) electrons. The number of aromatic nitrogens is 1. The van der Waals surface area contributed by atoms with Gasteiger partial charge in [-0.15, -0.1) is 35.3 Å². The summed E-state index contributed by atoms with van der Waals surface area (Å²) >= 11 is 1.57. The Morgan fingerprint density at radius 3 is 2.32 bits per heavy atom. The van der Waals surface area contributed by atoms with Gasteiger partial charge < -0.3 is 10.6 Å². The van der Waals surface area contributed by atoms with Crippen molar-refractivity contribution in [3.05, 3.63) is 51.0 Å². The van der Waals surface area contributed by atoms with Crippen molar-refractivity contribution in [2.24, 2.45) is 4.99 Å². The molecule has 1 aromatic heterocycles. The zero-order chi connectivity index (χ0) is 17.7. The van der Waals surface area contributed by atoms with Crippen molar-refractivity contribution >= 4 is 41.3 Å². The van der Waals surface area contributed by atoms with Gasteiger partial charge in [-0.3, -0.25) is 4.99 Å². The van der Waals surface area contributed by atoms with Crippen LogP contribution in [0.5, 0.6) is 0 Å². The standard InChI is InChI=1S/C15H16F4N4S.HI/c1-8-6-22-12(24-8)3-4-21-15(20-2)23-7-9-13(18)10(16)5-11(17)14(9)19;/h5-6H,3-4,7H2,1-2H3,(H2,20,21,23);1H. The second-order valence-electron chi connectivity index (χ2n) is 4.91. The van der Waals surface area contributed by atoms with E-state index in [1.54, 1.807) is 17.5 Å². The lowest BCUT2D eigenvalue weighted by molar-refractivity contribution is 0.437. The molecule has 1 aromatic carbocycles. The quantitative estimate of drug-likeness (QED) is 0.223. The molecule has 0 saturated carbocycles. The van der Waals surface area contributed by atoms with E-state index in [0.717, 1.165) is 9.88 Å². The molecule has 138 valence electrons. The molecule has 0 saturated heterocycles. The molecule has 0 atom stereocenters. The molecule has 0 spiro atoms. The molecule has 0 aliphatic heterocycles. The highest BCUT2D eigenvalue weighted by atomic mass is 127. The van der Waals surface area contributed by atoms with E-state index in [1.165, 1.54) is 7.05 Å². The summed E-state index contributed by atoms with van der Waals surface area (Å²) in [4.78, 5) is 9.20. The smallest absolute Gasteiger partial charge is 0.191 e. The number of rotatable bonds is 5. The van der Waals surface area contributed by atoms with Crippen LogP contribution in [0, 0.1) is 30.2 Å². The van der Waals surface area contributed by atoms with Gasteiger partial charge in [-0.1, -0.05) is 0 Å². The fraction of sp³-hybridized carbons (Fsp3) is 0.333. The highest BCUT2D eigenvalue weighted by Crippen LogP contribution is 2.19. The lowest BCUT2D eigenvalue weighted by Gasteiger charge is -2.13. The van der Waals surface area contributed by atoms with Crippen molar-refractivity contribution in [2.75, 3.05) is 13.6 Å². The van der Waals surface area contributed by atoms with Gasteiger partial charge in [0, 0.05) is 49.3 Å². The van der Waals surface area contributed by atoms with Crippen molar-refractivity contribution in [1.82, 2.24) is 15.6 Å². The number of halogens is 5. The van der Waals surface area contributed by atoms with Crippen LogP contribution in [0.3, 0.4) is 0 Å². The number of benzene rings is 1. The third kappa shape index (κ3) is 5.80. The normalized spacial score (nSPS) is 11.2. The molecule has 10 heteroatoms. The van der Waals surface area contributed by atoms with E-state index >= 15 is 0 Å². The van der Waals surface area contributed by atoms with Crippen molar-refractivity contribution in [3.8, 4) is 0 Å². The van der Waals surface area contributed by atoms with Crippen molar-refractivity contribution in [1.29, 1.82) is 0 Å². The van der Waals surface area contributed by atoms with Gasteiger partial charge in [-0.05, 0) is 6.92 Å². The lowest BCUT2D eigenvalue weighted by Crippen LogP contribution is -2.38. The minimum Gasteiger partial charge on any atom is -0.356 e. The fourth-order valence-corrected chi connectivity index (χ4v) is 2.76. The number of thiazole rings is 1. The summed E-state index contributed by atoms with van der Waals surface area (Å²) in [6, 6.07) is 0.178. The first-order valence-electron chi connectivity index (χ1n) is 7.10. The van der Waals surface area contributed by atoms with Crippen LogP contribution in [-0.4, -0.2) is 24.5 Å². The Hall–Kier alpha value is -1.43. The van der Waals surface area contributed by atoms with E-state index in [9.17, 15) is 17.6 Å². The van der Waals surface area contributed by atoms with Gasteiger partial charge in [0.15, 0.2) is 29.2 Å². The van der Waals surface area contributed by atoms with Crippen molar-refractivity contribution in [2.45, 2.75) is 19.9 Å². The molecule has 0 aliphatic carbocycles. The highest BCUT2D eigenvalue weighted by molar-refractivity contribution is 14.0. The Morgan fingerprint density at radius 2 is 1.80 bits per heavy atom. The molecule has 1 heterocycles. The molecule has 0 fully saturated rings. The second-order valence-corrected chi connectivity index (χ2v) is 6.23. The van der Waals surface area contributed by atoms with E-state index in [1.807, 2.05) is 6.92 Å². The first kappa shape index (κ1) is 21.6. The van der Waals surface area contributed by atoms with E-state index in [4.69, 9.17) is 0 Å². The number of aliphatic imine (C=N–C) groups is 1. The molecule has 2 rings (SSSR count). The third-order valence-corrected chi connectivity index (χ3v) is 4.13. The minimum atomic E-state index is -1.44. The number of nitrogens with zero attached hydrogens (tertiary/aromatic N) is 2. The van der Waals surface area contributed by atoms with Gasteiger partial charge >= 0.3 is 0 Å². The van der Waals surface area contributed by atoms with Crippen LogP contribution < -0.4 is 10.6 Å². The Balaban J connectivity index is 0.00000312. The van der Waals surface area contributed by atoms with Gasteiger partial charge in [0.1, 0.15) is 0 Å². The summed E-state index contributed by atoms with van der Waals surface area (Å²) in [7, 11) is 1.47. The lowest BCUT2D eigenvalue weighted by atomic mass is 10.2. The van der Waals surface area contributed by atoms with Gasteiger partial charge in [-0.25, -0.2) is 22.5 Å². The van der Waals surface area contributed by atoms with Crippen LogP contribution in [0.2, 0.25) is 0 Å². The molecule has 25 heavy (non-hydrogen) atoms. The summed E-state index contributed by atoms with van der Waals surface area (Å²) in [6.45, 7) is 2.01. The molecule has 0 unspecified atom stereocenters. The van der Waals surface area contributed by atoms with E-state index in [-0.39, 0.29) is 36.0 Å². The SMILES string of the molecule is CN=C(NCCc1ncc(C)s1)NCc1c(F)c(F)cc(F)c1F.I. The van der Waals surface area contributed by atoms with E-state index in [0.29, 0.717) is 13.0 Å². The average Bonchev–Trinajstić information content (AvgIpc) is 2.96. The van der Waals surface area contributed by atoms with Crippen molar-refractivity contribution in [3.63, 3.8) is 0 Å². The van der Waals surface area contributed by atoms with Crippen molar-refractivity contribution < 1.29 is 17.6 Å². The van der Waals surface area contributed by atoms with Crippen LogP contribution in [0.15, 0.2) is 17.3 Å². The summed E-state index contributed by atoms with van der Waals surface area (Å²) in [5, 5.41) is 6.50. The van der Waals surface area contributed by atoms with E-state index in [2.05, 4.69) is 20.6 Å². The van der Waals surface area contributed by atoms with E-state index < -0.39 is 35.4 Å². The maximum atomic E-state index is 13.6. The first-order chi connectivity index (χ1) is 11.4. The first-order valence-corrected chi connectivity index (χ1v) is 7.91. The molecule has 2 N–H and O–H groups in total. The molecule has 0 aliphatic rings. The molecule has 4 nitrogen and oxygen atoms in total. The number of hydrogen-bond acceptors (Lipinski definition) is 3. The zero-order valence-electron chi connectivity index (χ0n) is 13.5. The number of nitrogens with one attached hydrogen (secondary N) is 2. The molecular weight excluding hydrogens is 471 g/mol. The maximum Gasteiger partial charge on any atom is 0.191 e. The summed E-state index contributed by atoms with van der Waals surface area (Å²) in [6.07, 6.45) is 2.42. The summed E-state index contributed by atoms with van der Waals surface area (Å²) in [5.41, 5.74) is -0.717. The Bertz CT molecular complexity index is 725. The predicted molar refractivity (Wildman–Crippen MR) is 100 cm³/mol. The monoisotopic (exact) mass is 488 g/mol. The number of hydrogen-bond donors (Lipinski definition) is 2. The van der Waals surface area contributed by atoms with Gasteiger partial charge in [-0.2, -0.15) is 0 Å². The van der Waals surface area contributed by atoms with Gasteiger partial charge in [0.05, 0.1) is 5.01 Å². The second kappa shape index (κ2) is 9.90. The minimum absolute atomic E-state index is 0. The molecule has 2 aromatic rings. The molecule has 0 amide bonds. The Morgan fingerprint density at radius 1 is 1.16 bits per heavy atom. The van der Waals surface area contributed by atoms with Crippen LogP contribution in [0.4, 0.5) is 17.6 Å². The zero-order valence-corrected chi connectivity index (χ0v) is 16.6. The predicted octanol–water partition coefficient (Wildman–Crippen LogP) is 3.53. The topological polar surface area (TPSA) is 49.3 Å². The largest absolute Gasteiger partial charge is 0.356 e. The van der Waals surface area contributed by atoms with Gasteiger partial charge in [0.2, 0.25) is 0 Å². The number of guanidine groups is 1. The maximum absolute atomic E-state index is 13.6. The summed E-state index contributed by atoms with van der Waals surface area (Å²) < 4.78 is 53.5. The third-order valence-electron chi connectivity index (χ3n) is 3.16. The Labute approximate surface area is 163 Å². The Kier molecular flexibility index (Phi) is 8.56. The van der Waals surface area contributed by atoms with Gasteiger partial charge in [0.25, 0.3) is 0 Å². The van der Waals surface area contributed by atoms with Crippen LogP contribution >= 0.6 is 35.3 Å². The highest BCUT2D eigenvalue weighted by Gasteiger charge is 2.19. The summed E-state index contributed by atoms with van der Waals surface area (Å²) in [5.74, 6) is -5.46.